The van der Waals surface area contributed by atoms with Crippen LogP contribution in [0.15, 0.2) is 27.4 Å². The molecule has 0 N–H and O–H groups in total. The lowest BCUT2D eigenvalue weighted by molar-refractivity contribution is 0.267. The molecule has 2 rings (SSSR count). The molecule has 0 radical (unpaired) electrons. The highest BCUT2D eigenvalue weighted by Crippen LogP contribution is 2.36. The van der Waals surface area contributed by atoms with Gasteiger partial charge in [-0.2, -0.15) is 16.8 Å². The SMILES string of the molecule is Cc1cc(=O)oc2cc(OS(=O)(=O)OCC(Cl)(Cl)Cl)c(OS(=O)(=O)OCC(Cl)(Cl)Cl)cc12. The molecule has 32 heavy (non-hydrogen) atoms. The Morgan fingerprint density at radius 3 is 1.69 bits per heavy atom. The van der Waals surface area contributed by atoms with E-state index in [1.165, 1.54) is 6.92 Å². The molecule has 0 saturated carbocycles. The molecule has 0 unspecified atom stereocenters. The highest BCUT2D eigenvalue weighted by Gasteiger charge is 2.30. The summed E-state index contributed by atoms with van der Waals surface area (Å²) in [6.07, 6.45) is 0. The molecule has 0 aliphatic heterocycles. The molecule has 0 bridgehead atoms. The van der Waals surface area contributed by atoms with Gasteiger partial charge in [0.25, 0.3) is 0 Å². The van der Waals surface area contributed by atoms with Crippen molar-refractivity contribution in [1.82, 2.24) is 0 Å². The Morgan fingerprint density at radius 1 is 0.812 bits per heavy atom. The fraction of sp³-hybridized carbons (Fsp3) is 0.357. The lowest BCUT2D eigenvalue weighted by atomic mass is 10.1. The van der Waals surface area contributed by atoms with Gasteiger partial charge in [-0.3, -0.25) is 0 Å². The molecule has 1 aromatic carbocycles. The first-order chi connectivity index (χ1) is 14.4. The van der Waals surface area contributed by atoms with Crippen LogP contribution in [0.25, 0.3) is 11.0 Å². The number of halogens is 6. The normalized spacial score (nSPS) is 13.3. The third kappa shape index (κ3) is 9.09. The van der Waals surface area contributed by atoms with Crippen LogP contribution in [-0.2, 0) is 29.2 Å². The molecule has 2 aromatic rings. The number of benzene rings is 1. The predicted octanol–water partition coefficient (Wildman–Crippen LogP) is 4.12. The molecule has 0 fully saturated rings. The van der Waals surface area contributed by atoms with Crippen molar-refractivity contribution in [2.75, 3.05) is 13.2 Å². The number of aryl methyl sites for hydroxylation is 1. The van der Waals surface area contributed by atoms with E-state index in [1.807, 2.05) is 0 Å². The minimum Gasteiger partial charge on any atom is -0.423 e. The fourth-order valence-corrected chi connectivity index (χ4v) is 4.16. The Morgan fingerprint density at radius 2 is 1.25 bits per heavy atom. The summed E-state index contributed by atoms with van der Waals surface area (Å²) in [7, 11) is -9.82. The van der Waals surface area contributed by atoms with Crippen LogP contribution in [0.3, 0.4) is 0 Å². The summed E-state index contributed by atoms with van der Waals surface area (Å²) in [5.41, 5.74) is -0.611. The zero-order chi connectivity index (χ0) is 24.5. The summed E-state index contributed by atoms with van der Waals surface area (Å²) in [6, 6.07) is 2.96. The van der Waals surface area contributed by atoms with Gasteiger partial charge in [0, 0.05) is 17.5 Å². The molecule has 1 heterocycles. The largest absolute Gasteiger partial charge is 0.449 e. The minimum absolute atomic E-state index is 0.170. The third-order valence-corrected chi connectivity index (χ3v) is 5.37. The zero-order valence-corrected chi connectivity index (χ0v) is 21.5. The minimum atomic E-state index is -4.92. The fourth-order valence-electron chi connectivity index (χ4n) is 2.00. The van der Waals surface area contributed by atoms with Gasteiger partial charge in [0.1, 0.15) is 18.8 Å². The van der Waals surface area contributed by atoms with Crippen LogP contribution < -0.4 is 14.0 Å². The highest BCUT2D eigenvalue weighted by atomic mass is 35.6. The molecule has 0 saturated heterocycles. The van der Waals surface area contributed by atoms with Gasteiger partial charge in [-0.15, -0.1) is 0 Å². The van der Waals surface area contributed by atoms with Gasteiger partial charge < -0.3 is 12.8 Å². The molecular weight excluding hydrogens is 605 g/mol. The maximum absolute atomic E-state index is 12.1. The van der Waals surface area contributed by atoms with Crippen LogP contribution in [0.2, 0.25) is 0 Å². The van der Waals surface area contributed by atoms with Gasteiger partial charge in [-0.05, 0) is 18.6 Å². The van der Waals surface area contributed by atoms with Crippen molar-refractivity contribution < 1.29 is 38.0 Å². The number of alkyl halides is 6. The first-order valence-electron chi connectivity index (χ1n) is 7.75. The van der Waals surface area contributed by atoms with Crippen molar-refractivity contribution in [3.05, 3.63) is 34.2 Å². The van der Waals surface area contributed by atoms with E-state index < -0.39 is 58.7 Å². The molecule has 1 aromatic heterocycles. The maximum atomic E-state index is 12.1. The molecule has 180 valence electrons. The van der Waals surface area contributed by atoms with Gasteiger partial charge in [0.05, 0.1) is 0 Å². The summed E-state index contributed by atoms with van der Waals surface area (Å²) in [5.74, 6) is -1.49. The molecule has 0 aliphatic carbocycles. The van der Waals surface area contributed by atoms with E-state index in [9.17, 15) is 21.6 Å². The summed E-state index contributed by atoms with van der Waals surface area (Å²) in [6.45, 7) is -0.372. The van der Waals surface area contributed by atoms with Crippen LogP contribution in [-0.4, -0.2) is 37.6 Å². The topological polar surface area (TPSA) is 135 Å². The van der Waals surface area contributed by atoms with E-state index in [1.54, 1.807) is 0 Å². The van der Waals surface area contributed by atoms with Gasteiger partial charge >= 0.3 is 26.4 Å². The quantitative estimate of drug-likeness (QED) is 0.315. The van der Waals surface area contributed by atoms with Crippen molar-refractivity contribution in [3.8, 4) is 11.5 Å². The molecule has 0 aliphatic rings. The van der Waals surface area contributed by atoms with Crippen LogP contribution in [0, 0.1) is 6.92 Å². The van der Waals surface area contributed by atoms with Crippen molar-refractivity contribution >= 4 is 101 Å². The molecular formula is C14H10Cl6O10S2. The third-order valence-electron chi connectivity index (χ3n) is 3.13. The van der Waals surface area contributed by atoms with E-state index in [0.29, 0.717) is 5.56 Å². The van der Waals surface area contributed by atoms with Crippen LogP contribution >= 0.6 is 69.6 Å². The highest BCUT2D eigenvalue weighted by molar-refractivity contribution is 7.82. The number of fused-ring (bicyclic) bond motifs is 1. The summed E-state index contributed by atoms with van der Waals surface area (Å²) >= 11 is 32.6. The van der Waals surface area contributed by atoms with Crippen molar-refractivity contribution in [3.63, 3.8) is 0 Å². The Kier molecular flexibility index (Phi) is 8.75. The zero-order valence-electron chi connectivity index (χ0n) is 15.3. The Labute approximate surface area is 211 Å². The Hall–Kier alpha value is -0.410. The van der Waals surface area contributed by atoms with Gasteiger partial charge in [-0.1, -0.05) is 69.6 Å². The maximum Gasteiger partial charge on any atom is 0.449 e. The first kappa shape index (κ1) is 27.8. The van der Waals surface area contributed by atoms with E-state index in [-0.39, 0.29) is 11.0 Å². The van der Waals surface area contributed by atoms with Crippen molar-refractivity contribution in [1.29, 1.82) is 0 Å². The second-order valence-corrected chi connectivity index (χ2v) is 13.3. The second-order valence-electron chi connectivity index (χ2n) is 5.78. The van der Waals surface area contributed by atoms with E-state index in [2.05, 4.69) is 8.37 Å². The van der Waals surface area contributed by atoms with Crippen LogP contribution in [0.4, 0.5) is 0 Å². The monoisotopic (exact) mass is 612 g/mol. The molecule has 0 spiro atoms. The average Bonchev–Trinajstić information content (AvgIpc) is 2.58. The van der Waals surface area contributed by atoms with E-state index in [0.717, 1.165) is 18.2 Å². The lowest BCUT2D eigenvalue weighted by Gasteiger charge is -2.15. The number of hydrogen-bond acceptors (Lipinski definition) is 10. The van der Waals surface area contributed by atoms with Crippen LogP contribution in [0.1, 0.15) is 5.56 Å². The Bertz CT molecular complexity index is 1260. The van der Waals surface area contributed by atoms with Gasteiger partial charge in [0.15, 0.2) is 11.5 Å². The molecule has 0 atom stereocenters. The second kappa shape index (κ2) is 10.1. The van der Waals surface area contributed by atoms with Gasteiger partial charge in [0.2, 0.25) is 7.59 Å². The number of rotatable bonds is 8. The molecule has 10 nitrogen and oxygen atoms in total. The summed E-state index contributed by atoms with van der Waals surface area (Å²) in [5, 5.41) is 0.170. The van der Waals surface area contributed by atoms with Crippen LogP contribution in [0.5, 0.6) is 11.5 Å². The summed E-state index contributed by atoms with van der Waals surface area (Å²) < 4.78 is 67.4. The van der Waals surface area contributed by atoms with Crippen molar-refractivity contribution in [2.24, 2.45) is 0 Å². The molecule has 18 heteroatoms. The van der Waals surface area contributed by atoms with Crippen molar-refractivity contribution in [2.45, 2.75) is 14.5 Å². The lowest BCUT2D eigenvalue weighted by Crippen LogP contribution is -2.23. The summed E-state index contributed by atoms with van der Waals surface area (Å²) in [4.78, 5) is 11.6. The number of hydrogen-bond donors (Lipinski definition) is 0. The molecule has 0 amide bonds. The standard InChI is InChI=1S/C14H10Cl6O10S2/c1-7-2-12(21)28-9-4-11(30-32(24,25)27-6-14(18,19)20)10(3-8(7)9)29-31(22,23)26-5-13(15,16)17/h2-4H,5-6H2,1H3. The first-order valence-corrected chi connectivity index (χ1v) is 12.7. The van der Waals surface area contributed by atoms with E-state index in [4.69, 9.17) is 82.4 Å². The van der Waals surface area contributed by atoms with E-state index >= 15 is 0 Å². The average molecular weight is 615 g/mol. The predicted molar refractivity (Wildman–Crippen MR) is 119 cm³/mol. The Balaban J connectivity index is 2.51. The van der Waals surface area contributed by atoms with Gasteiger partial charge in [-0.25, -0.2) is 13.2 Å². The smallest absolute Gasteiger partial charge is 0.423 e.